The minimum Gasteiger partial charge on any atom is -0.490 e. The molecule has 1 atom stereocenters. The standard InChI is InChI=1S/C22H19NO5/c1-26-21(24)16-9-11-17(12-10-16)27-14-18-13-23(22(25)28-18)20-8-4-6-15-5-2-3-7-19(15)20/h2-12,18H,13-14H2,1H3. The molecule has 1 fully saturated rings. The molecule has 0 aromatic heterocycles. The number of amides is 1. The average molecular weight is 377 g/mol. The Morgan fingerprint density at radius 1 is 1.07 bits per heavy atom. The summed E-state index contributed by atoms with van der Waals surface area (Å²) in [5.74, 6) is 0.189. The van der Waals surface area contributed by atoms with E-state index in [1.165, 1.54) is 7.11 Å². The van der Waals surface area contributed by atoms with Crippen LogP contribution in [0.4, 0.5) is 10.5 Å². The van der Waals surface area contributed by atoms with Crippen molar-refractivity contribution in [3.8, 4) is 5.75 Å². The zero-order valence-corrected chi connectivity index (χ0v) is 15.3. The van der Waals surface area contributed by atoms with Gasteiger partial charge < -0.3 is 14.2 Å². The van der Waals surface area contributed by atoms with Crippen LogP contribution in [0, 0.1) is 0 Å². The minimum atomic E-state index is -0.401. The Balaban J connectivity index is 1.43. The molecule has 3 aromatic rings. The number of carbonyl (C=O) groups excluding carboxylic acids is 2. The Bertz CT molecular complexity index is 1010. The Labute approximate surface area is 162 Å². The molecule has 0 N–H and O–H groups in total. The third kappa shape index (κ3) is 3.49. The van der Waals surface area contributed by atoms with E-state index in [0.717, 1.165) is 16.5 Å². The highest BCUT2D eigenvalue weighted by atomic mass is 16.6. The van der Waals surface area contributed by atoms with E-state index in [0.29, 0.717) is 17.9 Å². The van der Waals surface area contributed by atoms with Gasteiger partial charge in [-0.15, -0.1) is 0 Å². The number of nitrogens with zero attached hydrogens (tertiary/aromatic N) is 1. The van der Waals surface area contributed by atoms with Crippen molar-refractivity contribution in [2.75, 3.05) is 25.2 Å². The largest absolute Gasteiger partial charge is 0.490 e. The molecule has 28 heavy (non-hydrogen) atoms. The van der Waals surface area contributed by atoms with Gasteiger partial charge in [0.25, 0.3) is 0 Å². The topological polar surface area (TPSA) is 65.1 Å². The molecule has 0 spiro atoms. The van der Waals surface area contributed by atoms with E-state index in [1.807, 2.05) is 42.5 Å². The highest BCUT2D eigenvalue weighted by Crippen LogP contribution is 2.30. The molecule has 1 aliphatic rings. The minimum absolute atomic E-state index is 0.227. The van der Waals surface area contributed by atoms with Crippen molar-refractivity contribution in [1.29, 1.82) is 0 Å². The number of methoxy groups -OCH3 is 1. The molecule has 142 valence electrons. The van der Waals surface area contributed by atoms with E-state index in [2.05, 4.69) is 4.74 Å². The van der Waals surface area contributed by atoms with Crippen molar-refractivity contribution in [3.63, 3.8) is 0 Å². The quantitative estimate of drug-likeness (QED) is 0.628. The third-order valence-electron chi connectivity index (χ3n) is 4.64. The van der Waals surface area contributed by atoms with Crippen LogP contribution in [0.1, 0.15) is 10.4 Å². The van der Waals surface area contributed by atoms with E-state index in [-0.39, 0.29) is 18.8 Å². The first-order valence-corrected chi connectivity index (χ1v) is 8.93. The number of carbonyl (C=O) groups is 2. The van der Waals surface area contributed by atoms with Crippen LogP contribution >= 0.6 is 0 Å². The first-order chi connectivity index (χ1) is 13.7. The summed E-state index contributed by atoms with van der Waals surface area (Å²) in [6.45, 7) is 0.637. The molecular formula is C22H19NO5. The van der Waals surface area contributed by atoms with Crippen LogP contribution in [-0.4, -0.2) is 38.4 Å². The summed E-state index contributed by atoms with van der Waals surface area (Å²) in [4.78, 5) is 25.5. The molecule has 0 aliphatic carbocycles. The van der Waals surface area contributed by atoms with E-state index < -0.39 is 5.97 Å². The number of ether oxygens (including phenoxy) is 3. The van der Waals surface area contributed by atoms with Crippen LogP contribution in [-0.2, 0) is 9.47 Å². The molecule has 1 saturated heterocycles. The molecule has 1 aliphatic heterocycles. The summed E-state index contributed by atoms with van der Waals surface area (Å²) in [5, 5.41) is 2.07. The maximum atomic E-state index is 12.4. The zero-order valence-electron chi connectivity index (χ0n) is 15.3. The number of rotatable bonds is 5. The van der Waals surface area contributed by atoms with Gasteiger partial charge in [-0.3, -0.25) is 4.90 Å². The number of esters is 1. The lowest BCUT2D eigenvalue weighted by Gasteiger charge is -2.15. The van der Waals surface area contributed by atoms with Crippen LogP contribution in [0.3, 0.4) is 0 Å². The molecule has 4 rings (SSSR count). The molecule has 0 radical (unpaired) electrons. The smallest absolute Gasteiger partial charge is 0.414 e. The third-order valence-corrected chi connectivity index (χ3v) is 4.64. The number of hydrogen-bond acceptors (Lipinski definition) is 5. The van der Waals surface area contributed by atoms with Crippen molar-refractivity contribution < 1.29 is 23.8 Å². The molecule has 0 bridgehead atoms. The van der Waals surface area contributed by atoms with Crippen LogP contribution in [0.25, 0.3) is 10.8 Å². The van der Waals surface area contributed by atoms with Gasteiger partial charge in [-0.05, 0) is 35.7 Å². The van der Waals surface area contributed by atoms with Crippen LogP contribution in [0.5, 0.6) is 5.75 Å². The van der Waals surface area contributed by atoms with Crippen molar-refractivity contribution in [3.05, 3.63) is 72.3 Å². The van der Waals surface area contributed by atoms with Crippen LogP contribution in [0.15, 0.2) is 66.7 Å². The Kier molecular flexibility index (Phi) is 4.85. The number of hydrogen-bond donors (Lipinski definition) is 0. The van der Waals surface area contributed by atoms with Gasteiger partial charge in [-0.1, -0.05) is 36.4 Å². The van der Waals surface area contributed by atoms with Crippen molar-refractivity contribution in [2.24, 2.45) is 0 Å². The summed E-state index contributed by atoms with van der Waals surface area (Å²) >= 11 is 0. The predicted octanol–water partition coefficient (Wildman–Crippen LogP) is 4.03. The van der Waals surface area contributed by atoms with Gasteiger partial charge in [-0.25, -0.2) is 9.59 Å². The normalized spacial score (nSPS) is 16.1. The number of fused-ring (bicyclic) bond motifs is 1. The van der Waals surface area contributed by atoms with Gasteiger partial charge in [0.05, 0.1) is 24.9 Å². The zero-order chi connectivity index (χ0) is 19.5. The summed E-state index contributed by atoms with van der Waals surface area (Å²) in [6.07, 6.45) is -0.766. The highest BCUT2D eigenvalue weighted by Gasteiger charge is 2.33. The fourth-order valence-electron chi connectivity index (χ4n) is 3.24. The second-order valence-electron chi connectivity index (χ2n) is 6.44. The van der Waals surface area contributed by atoms with Crippen LogP contribution < -0.4 is 9.64 Å². The fraction of sp³-hybridized carbons (Fsp3) is 0.182. The lowest BCUT2D eigenvalue weighted by Crippen LogP contribution is -2.26. The second kappa shape index (κ2) is 7.60. The van der Waals surface area contributed by atoms with Gasteiger partial charge in [-0.2, -0.15) is 0 Å². The van der Waals surface area contributed by atoms with E-state index in [1.54, 1.807) is 29.2 Å². The monoisotopic (exact) mass is 377 g/mol. The molecule has 1 heterocycles. The summed E-state index contributed by atoms with van der Waals surface area (Å²) in [5.41, 5.74) is 1.28. The van der Waals surface area contributed by atoms with Gasteiger partial charge in [0.15, 0.2) is 6.10 Å². The molecule has 6 nitrogen and oxygen atoms in total. The van der Waals surface area contributed by atoms with Crippen molar-refractivity contribution in [1.82, 2.24) is 0 Å². The maximum absolute atomic E-state index is 12.4. The first kappa shape index (κ1) is 17.9. The molecule has 6 heteroatoms. The number of anilines is 1. The molecule has 1 unspecified atom stereocenters. The predicted molar refractivity (Wildman–Crippen MR) is 105 cm³/mol. The SMILES string of the molecule is COC(=O)c1ccc(OCC2CN(c3cccc4ccccc34)C(=O)O2)cc1. The second-order valence-corrected chi connectivity index (χ2v) is 6.44. The Morgan fingerprint density at radius 3 is 2.61 bits per heavy atom. The van der Waals surface area contributed by atoms with E-state index >= 15 is 0 Å². The van der Waals surface area contributed by atoms with Gasteiger partial charge in [0.1, 0.15) is 12.4 Å². The molecular weight excluding hydrogens is 358 g/mol. The average Bonchev–Trinajstić information content (AvgIpc) is 3.12. The first-order valence-electron chi connectivity index (χ1n) is 8.93. The van der Waals surface area contributed by atoms with E-state index in [9.17, 15) is 9.59 Å². The van der Waals surface area contributed by atoms with Crippen LogP contribution in [0.2, 0.25) is 0 Å². The number of benzene rings is 3. The summed E-state index contributed by atoms with van der Waals surface area (Å²) in [7, 11) is 1.34. The van der Waals surface area contributed by atoms with E-state index in [4.69, 9.17) is 9.47 Å². The molecule has 0 saturated carbocycles. The van der Waals surface area contributed by atoms with Crippen molar-refractivity contribution in [2.45, 2.75) is 6.10 Å². The molecule has 1 amide bonds. The molecule has 3 aromatic carbocycles. The van der Waals surface area contributed by atoms with Gasteiger partial charge >= 0.3 is 12.1 Å². The lowest BCUT2D eigenvalue weighted by atomic mass is 10.1. The summed E-state index contributed by atoms with van der Waals surface area (Å²) in [6, 6.07) is 20.4. The van der Waals surface area contributed by atoms with Gasteiger partial charge in [0.2, 0.25) is 0 Å². The van der Waals surface area contributed by atoms with Gasteiger partial charge in [0, 0.05) is 5.39 Å². The Morgan fingerprint density at radius 2 is 1.82 bits per heavy atom. The summed E-state index contributed by atoms with van der Waals surface area (Å²) < 4.78 is 15.9. The Hall–Kier alpha value is -3.54. The fourth-order valence-corrected chi connectivity index (χ4v) is 3.24. The number of cyclic esters (lactones) is 1. The highest BCUT2D eigenvalue weighted by molar-refractivity contribution is 6.02. The maximum Gasteiger partial charge on any atom is 0.414 e. The van der Waals surface area contributed by atoms with Crippen molar-refractivity contribution >= 4 is 28.5 Å². The lowest BCUT2D eigenvalue weighted by molar-refractivity contribution is 0.0600.